The molecule has 0 aromatic heterocycles. The number of benzene rings is 3. The smallest absolute Gasteiger partial charge is 0.261 e. The van der Waals surface area contributed by atoms with E-state index in [1.54, 1.807) is 18.2 Å². The Labute approximate surface area is 180 Å². The van der Waals surface area contributed by atoms with Gasteiger partial charge in [-0.2, -0.15) is 0 Å². The molecule has 0 fully saturated rings. The SMILES string of the molecule is Cl.NC(N)=NCCNC(=O)c1ccc(NS(=O)(=O)c2ccc3ccccc3c2)cc1. The molecule has 0 unspecified atom stereocenters. The van der Waals surface area contributed by atoms with Gasteiger partial charge in [0.05, 0.1) is 11.4 Å². The van der Waals surface area contributed by atoms with Gasteiger partial charge >= 0.3 is 0 Å². The van der Waals surface area contributed by atoms with Crippen LogP contribution in [0.2, 0.25) is 0 Å². The Hall–Kier alpha value is -3.30. The molecule has 10 heteroatoms. The van der Waals surface area contributed by atoms with Gasteiger partial charge in [-0.15, -0.1) is 12.4 Å². The molecular weight excluding hydrogens is 426 g/mol. The number of halogens is 1. The average Bonchev–Trinajstić information content (AvgIpc) is 2.71. The monoisotopic (exact) mass is 447 g/mol. The van der Waals surface area contributed by atoms with E-state index in [0.29, 0.717) is 11.3 Å². The molecule has 0 saturated heterocycles. The molecule has 0 saturated carbocycles. The van der Waals surface area contributed by atoms with Crippen molar-refractivity contribution in [3.05, 3.63) is 72.3 Å². The lowest BCUT2D eigenvalue weighted by molar-refractivity contribution is 0.0955. The number of hydrogen-bond donors (Lipinski definition) is 4. The Balaban J connectivity index is 0.00000320. The van der Waals surface area contributed by atoms with E-state index < -0.39 is 10.0 Å². The number of aliphatic imine (C=N–C) groups is 1. The van der Waals surface area contributed by atoms with Gasteiger partial charge in [0.15, 0.2) is 5.96 Å². The topological polar surface area (TPSA) is 140 Å². The maximum absolute atomic E-state index is 12.7. The highest BCUT2D eigenvalue weighted by Crippen LogP contribution is 2.21. The first-order valence-corrected chi connectivity index (χ1v) is 10.3. The van der Waals surface area contributed by atoms with Crippen molar-refractivity contribution in [2.75, 3.05) is 17.8 Å². The fourth-order valence-electron chi connectivity index (χ4n) is 2.69. The standard InChI is InChI=1S/C20H21N5O3S.ClH/c21-20(22)24-12-11-23-19(26)15-5-8-17(9-6-15)25-29(27,28)18-10-7-14-3-1-2-4-16(14)13-18;/h1-10,13,25H,11-12H2,(H,23,26)(H4,21,22,24);1H. The van der Waals surface area contributed by atoms with Crippen LogP contribution in [0.1, 0.15) is 10.4 Å². The van der Waals surface area contributed by atoms with Crippen molar-refractivity contribution >= 4 is 50.8 Å². The first-order valence-electron chi connectivity index (χ1n) is 8.80. The number of nitrogens with two attached hydrogens (primary N) is 2. The minimum atomic E-state index is -3.75. The summed E-state index contributed by atoms with van der Waals surface area (Å²) < 4.78 is 27.9. The number of amides is 1. The lowest BCUT2D eigenvalue weighted by Crippen LogP contribution is -2.28. The van der Waals surface area contributed by atoms with Crippen molar-refractivity contribution in [2.45, 2.75) is 4.90 Å². The maximum atomic E-state index is 12.7. The summed E-state index contributed by atoms with van der Waals surface area (Å²) in [5.41, 5.74) is 11.2. The summed E-state index contributed by atoms with van der Waals surface area (Å²) in [4.78, 5) is 16.0. The predicted octanol–water partition coefficient (Wildman–Crippen LogP) is 2.07. The normalized spacial score (nSPS) is 10.7. The molecule has 30 heavy (non-hydrogen) atoms. The molecule has 3 aromatic rings. The number of hydrogen-bond acceptors (Lipinski definition) is 4. The van der Waals surface area contributed by atoms with Crippen LogP contribution in [0.25, 0.3) is 10.8 Å². The van der Waals surface area contributed by atoms with Crippen LogP contribution >= 0.6 is 12.4 Å². The van der Waals surface area contributed by atoms with Crippen LogP contribution in [-0.4, -0.2) is 33.4 Å². The van der Waals surface area contributed by atoms with Crippen molar-refractivity contribution in [1.29, 1.82) is 0 Å². The summed E-state index contributed by atoms with van der Waals surface area (Å²) in [6.07, 6.45) is 0. The number of anilines is 1. The minimum Gasteiger partial charge on any atom is -0.370 e. The summed E-state index contributed by atoms with van der Waals surface area (Å²) in [7, 11) is -3.75. The second-order valence-corrected chi connectivity index (χ2v) is 7.94. The molecule has 3 rings (SSSR count). The molecule has 0 aliphatic rings. The van der Waals surface area contributed by atoms with Gasteiger partial charge in [-0.3, -0.25) is 14.5 Å². The van der Waals surface area contributed by atoms with E-state index in [4.69, 9.17) is 11.5 Å². The lowest BCUT2D eigenvalue weighted by atomic mass is 10.1. The van der Waals surface area contributed by atoms with Gasteiger partial charge in [0.2, 0.25) is 0 Å². The van der Waals surface area contributed by atoms with Crippen molar-refractivity contribution in [2.24, 2.45) is 16.5 Å². The van der Waals surface area contributed by atoms with Crippen LogP contribution < -0.4 is 21.5 Å². The third kappa shape index (κ3) is 5.85. The van der Waals surface area contributed by atoms with Gasteiger partial charge in [0.25, 0.3) is 15.9 Å². The molecule has 0 heterocycles. The number of guanidine groups is 1. The van der Waals surface area contributed by atoms with Crippen molar-refractivity contribution < 1.29 is 13.2 Å². The lowest BCUT2D eigenvalue weighted by Gasteiger charge is -2.10. The number of nitrogens with zero attached hydrogens (tertiary/aromatic N) is 1. The Kier molecular flexibility index (Phi) is 7.62. The van der Waals surface area contributed by atoms with Crippen LogP contribution in [-0.2, 0) is 10.0 Å². The Morgan fingerprint density at radius 2 is 1.60 bits per heavy atom. The second kappa shape index (κ2) is 9.95. The van der Waals surface area contributed by atoms with Gasteiger partial charge in [0, 0.05) is 17.8 Å². The van der Waals surface area contributed by atoms with Crippen molar-refractivity contribution in [3.63, 3.8) is 0 Å². The summed E-state index contributed by atoms with van der Waals surface area (Å²) >= 11 is 0. The molecule has 0 radical (unpaired) electrons. The van der Waals surface area contributed by atoms with Gasteiger partial charge in [-0.1, -0.05) is 30.3 Å². The molecular formula is C20H22ClN5O3S. The summed E-state index contributed by atoms with van der Waals surface area (Å²) in [5.74, 6) is -0.345. The van der Waals surface area contributed by atoms with Gasteiger partial charge in [0.1, 0.15) is 0 Å². The molecule has 6 N–H and O–H groups in total. The molecule has 158 valence electrons. The number of fused-ring (bicyclic) bond motifs is 1. The van der Waals surface area contributed by atoms with E-state index in [9.17, 15) is 13.2 Å². The largest absolute Gasteiger partial charge is 0.370 e. The number of nitrogens with one attached hydrogen (secondary N) is 2. The van der Waals surface area contributed by atoms with E-state index in [0.717, 1.165) is 10.8 Å². The quantitative estimate of drug-likeness (QED) is 0.249. The molecule has 8 nitrogen and oxygen atoms in total. The third-order valence-corrected chi connectivity index (χ3v) is 5.50. The van der Waals surface area contributed by atoms with Crippen LogP contribution in [0.15, 0.2) is 76.6 Å². The van der Waals surface area contributed by atoms with Gasteiger partial charge in [-0.25, -0.2) is 8.42 Å². The number of carbonyl (C=O) groups is 1. The van der Waals surface area contributed by atoms with Crippen LogP contribution in [0.5, 0.6) is 0 Å². The summed E-state index contributed by atoms with van der Waals surface area (Å²) in [5, 5.41) is 4.47. The fourth-order valence-corrected chi connectivity index (χ4v) is 3.79. The first-order chi connectivity index (χ1) is 13.8. The Morgan fingerprint density at radius 3 is 2.27 bits per heavy atom. The van der Waals surface area contributed by atoms with Gasteiger partial charge in [-0.05, 0) is 47.2 Å². The molecule has 3 aromatic carbocycles. The molecule has 0 atom stereocenters. The summed E-state index contributed by atoms with van der Waals surface area (Å²) in [6.45, 7) is 0.560. The molecule has 0 spiro atoms. The van der Waals surface area contributed by atoms with E-state index in [1.165, 1.54) is 24.3 Å². The highest BCUT2D eigenvalue weighted by molar-refractivity contribution is 7.92. The van der Waals surface area contributed by atoms with Crippen molar-refractivity contribution in [1.82, 2.24) is 5.32 Å². The van der Waals surface area contributed by atoms with E-state index in [-0.39, 0.29) is 42.3 Å². The second-order valence-electron chi connectivity index (χ2n) is 6.25. The first kappa shape index (κ1) is 23.0. The highest BCUT2D eigenvalue weighted by atomic mass is 35.5. The Morgan fingerprint density at radius 1 is 0.933 bits per heavy atom. The van der Waals surface area contributed by atoms with Crippen LogP contribution in [0.4, 0.5) is 5.69 Å². The fraction of sp³-hybridized carbons (Fsp3) is 0.100. The Bertz CT molecular complexity index is 1160. The number of sulfonamides is 1. The van der Waals surface area contributed by atoms with E-state index >= 15 is 0 Å². The van der Waals surface area contributed by atoms with Crippen LogP contribution in [0.3, 0.4) is 0 Å². The highest BCUT2D eigenvalue weighted by Gasteiger charge is 2.15. The van der Waals surface area contributed by atoms with E-state index in [2.05, 4.69) is 15.0 Å². The maximum Gasteiger partial charge on any atom is 0.261 e. The third-order valence-electron chi connectivity index (χ3n) is 4.12. The zero-order valence-electron chi connectivity index (χ0n) is 15.9. The zero-order valence-corrected chi connectivity index (χ0v) is 17.5. The average molecular weight is 448 g/mol. The number of carbonyl (C=O) groups excluding carboxylic acids is 1. The molecule has 0 aliphatic carbocycles. The summed E-state index contributed by atoms with van der Waals surface area (Å²) in [6, 6.07) is 18.6. The molecule has 0 bridgehead atoms. The minimum absolute atomic E-state index is 0. The van der Waals surface area contributed by atoms with E-state index in [1.807, 2.05) is 24.3 Å². The molecule has 0 aliphatic heterocycles. The molecule has 1 amide bonds. The van der Waals surface area contributed by atoms with Crippen LogP contribution in [0, 0.1) is 0 Å². The van der Waals surface area contributed by atoms with Crippen molar-refractivity contribution in [3.8, 4) is 0 Å². The zero-order chi connectivity index (χ0) is 20.9. The number of rotatable bonds is 7. The van der Waals surface area contributed by atoms with Gasteiger partial charge < -0.3 is 16.8 Å². The predicted molar refractivity (Wildman–Crippen MR) is 121 cm³/mol.